The lowest BCUT2D eigenvalue weighted by molar-refractivity contribution is 0.657. The number of rotatable bonds is 3. The van der Waals surface area contributed by atoms with E-state index in [4.69, 9.17) is 28.9 Å². The Hall–Kier alpha value is 0.460. The van der Waals surface area contributed by atoms with Crippen LogP contribution in [0, 0.1) is 0 Å². The molecule has 2 rings (SSSR count). The molecular weight excluding hydrogens is 317 g/mol. The van der Waals surface area contributed by atoms with Gasteiger partial charge in [-0.2, -0.15) is 23.5 Å². The molecule has 5 heteroatoms. The van der Waals surface area contributed by atoms with Gasteiger partial charge >= 0.3 is 0 Å². The minimum atomic E-state index is 0.102. The molecule has 0 aliphatic carbocycles. The Balaban J connectivity index is 2.03. The van der Waals surface area contributed by atoms with Crippen LogP contribution in [0.15, 0.2) is 18.2 Å². The smallest absolute Gasteiger partial charge is 0.0453 e. The molecule has 0 spiro atoms. The highest BCUT2D eigenvalue weighted by Crippen LogP contribution is 2.38. The maximum absolute atomic E-state index is 6.37. The number of hydrogen-bond acceptors (Lipinski definition) is 3. The molecule has 1 nitrogen and oxygen atoms in total. The zero-order valence-corrected chi connectivity index (χ0v) is 14.3. The van der Waals surface area contributed by atoms with Gasteiger partial charge in [-0.05, 0) is 24.1 Å². The Labute approximate surface area is 134 Å². The fourth-order valence-corrected chi connectivity index (χ4v) is 5.74. The quantitative estimate of drug-likeness (QED) is 0.881. The first-order valence-corrected chi connectivity index (χ1v) is 9.19. The van der Waals surface area contributed by atoms with Gasteiger partial charge in [0.15, 0.2) is 0 Å². The van der Waals surface area contributed by atoms with E-state index in [0.717, 1.165) is 27.8 Å². The number of thioether (sulfide) groups is 2. The summed E-state index contributed by atoms with van der Waals surface area (Å²) in [4.78, 5) is 0. The van der Waals surface area contributed by atoms with Crippen LogP contribution < -0.4 is 5.73 Å². The first-order valence-electron chi connectivity index (χ1n) is 6.44. The minimum absolute atomic E-state index is 0.102. The topological polar surface area (TPSA) is 26.0 Å². The largest absolute Gasteiger partial charge is 0.326 e. The third-order valence-electron chi connectivity index (χ3n) is 3.55. The van der Waals surface area contributed by atoms with Gasteiger partial charge in [-0.3, -0.25) is 0 Å². The lowest BCUT2D eigenvalue weighted by Crippen LogP contribution is -2.41. The average Bonchev–Trinajstić information content (AvgIpc) is 2.37. The first kappa shape index (κ1) is 15.8. The standard InChI is InChI=1S/C14H19Cl2NS2/c1-8-9(2)19-14(7-18-8)13(17)6-10-11(15)4-3-5-12(10)16/h3-5,8-9,13-14H,6-7,17H2,1-2H3. The summed E-state index contributed by atoms with van der Waals surface area (Å²) in [7, 11) is 0. The molecule has 2 N–H and O–H groups in total. The van der Waals surface area contributed by atoms with Gasteiger partial charge in [-0.15, -0.1) is 0 Å². The molecule has 1 heterocycles. The lowest BCUT2D eigenvalue weighted by atomic mass is 10.0. The second-order valence-electron chi connectivity index (χ2n) is 4.99. The van der Waals surface area contributed by atoms with Crippen LogP contribution in [0.4, 0.5) is 0 Å². The Kier molecular flexibility index (Phi) is 5.79. The van der Waals surface area contributed by atoms with E-state index in [1.165, 1.54) is 0 Å². The Bertz CT molecular complexity index is 421. The summed E-state index contributed by atoms with van der Waals surface area (Å²) in [5.41, 5.74) is 7.36. The van der Waals surface area contributed by atoms with Crippen molar-refractivity contribution in [3.05, 3.63) is 33.8 Å². The fourth-order valence-electron chi connectivity index (χ4n) is 2.13. The van der Waals surface area contributed by atoms with Gasteiger partial charge in [0.2, 0.25) is 0 Å². The van der Waals surface area contributed by atoms with E-state index in [9.17, 15) is 0 Å². The summed E-state index contributed by atoms with van der Waals surface area (Å²) >= 11 is 16.4. The maximum Gasteiger partial charge on any atom is 0.0453 e. The Morgan fingerprint density at radius 2 is 1.89 bits per heavy atom. The summed E-state index contributed by atoms with van der Waals surface area (Å²) < 4.78 is 0. The minimum Gasteiger partial charge on any atom is -0.326 e. The van der Waals surface area contributed by atoms with Crippen LogP contribution in [-0.2, 0) is 6.42 Å². The van der Waals surface area contributed by atoms with Gasteiger partial charge < -0.3 is 5.73 Å². The third kappa shape index (κ3) is 3.98. The molecule has 1 fully saturated rings. The lowest BCUT2D eigenvalue weighted by Gasteiger charge is -2.34. The van der Waals surface area contributed by atoms with Crippen molar-refractivity contribution >= 4 is 46.7 Å². The highest BCUT2D eigenvalue weighted by atomic mass is 35.5. The average molecular weight is 336 g/mol. The molecule has 0 aromatic heterocycles. The predicted octanol–water partition coefficient (Wildman–Crippen LogP) is 4.49. The molecule has 0 radical (unpaired) electrons. The zero-order valence-electron chi connectivity index (χ0n) is 11.1. The van der Waals surface area contributed by atoms with Gasteiger partial charge in [-0.1, -0.05) is 43.1 Å². The van der Waals surface area contributed by atoms with Gasteiger partial charge in [0.1, 0.15) is 0 Å². The van der Waals surface area contributed by atoms with E-state index < -0.39 is 0 Å². The zero-order chi connectivity index (χ0) is 14.0. The molecule has 1 aromatic carbocycles. The van der Waals surface area contributed by atoms with Crippen LogP contribution in [0.3, 0.4) is 0 Å². The third-order valence-corrected chi connectivity index (χ3v) is 7.83. The molecule has 0 bridgehead atoms. The summed E-state index contributed by atoms with van der Waals surface area (Å²) in [6.45, 7) is 4.57. The van der Waals surface area contributed by atoms with Crippen LogP contribution in [0.5, 0.6) is 0 Å². The molecule has 0 saturated carbocycles. The number of benzene rings is 1. The Morgan fingerprint density at radius 1 is 1.26 bits per heavy atom. The first-order chi connectivity index (χ1) is 8.99. The van der Waals surface area contributed by atoms with E-state index in [0.29, 0.717) is 15.7 Å². The summed E-state index contributed by atoms with van der Waals surface area (Å²) in [6.07, 6.45) is 0.748. The van der Waals surface area contributed by atoms with Crippen molar-refractivity contribution in [1.82, 2.24) is 0 Å². The van der Waals surface area contributed by atoms with Crippen molar-refractivity contribution in [3.8, 4) is 0 Å². The van der Waals surface area contributed by atoms with Crippen molar-refractivity contribution in [1.29, 1.82) is 0 Å². The van der Waals surface area contributed by atoms with Crippen molar-refractivity contribution in [2.45, 2.75) is 42.1 Å². The second kappa shape index (κ2) is 6.95. The van der Waals surface area contributed by atoms with Crippen LogP contribution in [0.2, 0.25) is 10.0 Å². The van der Waals surface area contributed by atoms with Gasteiger partial charge in [-0.25, -0.2) is 0 Å². The molecule has 1 aromatic rings. The van der Waals surface area contributed by atoms with Crippen LogP contribution in [-0.4, -0.2) is 27.5 Å². The SMILES string of the molecule is CC1SCC(C(N)Cc2c(Cl)cccc2Cl)SC1C. The Morgan fingerprint density at radius 3 is 2.47 bits per heavy atom. The van der Waals surface area contributed by atoms with E-state index in [2.05, 4.69) is 13.8 Å². The van der Waals surface area contributed by atoms with Gasteiger partial charge in [0.25, 0.3) is 0 Å². The van der Waals surface area contributed by atoms with E-state index in [-0.39, 0.29) is 6.04 Å². The highest BCUT2D eigenvalue weighted by molar-refractivity contribution is 8.07. The molecule has 106 valence electrons. The van der Waals surface area contributed by atoms with Gasteiger partial charge in [0.05, 0.1) is 0 Å². The molecule has 1 aliphatic rings. The number of nitrogens with two attached hydrogens (primary N) is 1. The highest BCUT2D eigenvalue weighted by Gasteiger charge is 2.30. The molecule has 0 amide bonds. The summed E-state index contributed by atoms with van der Waals surface area (Å²) in [5.74, 6) is 1.11. The van der Waals surface area contributed by atoms with Crippen LogP contribution >= 0.6 is 46.7 Å². The molecule has 1 aliphatic heterocycles. The van der Waals surface area contributed by atoms with Crippen molar-refractivity contribution in [2.24, 2.45) is 5.73 Å². The molecule has 4 atom stereocenters. The second-order valence-corrected chi connectivity index (χ2v) is 8.83. The van der Waals surface area contributed by atoms with Crippen molar-refractivity contribution in [2.75, 3.05) is 5.75 Å². The number of halogens is 2. The summed E-state index contributed by atoms with van der Waals surface area (Å²) in [5, 5.41) is 3.27. The van der Waals surface area contributed by atoms with E-state index in [1.54, 1.807) is 0 Å². The molecular formula is C14H19Cl2NS2. The van der Waals surface area contributed by atoms with Crippen LogP contribution in [0.25, 0.3) is 0 Å². The monoisotopic (exact) mass is 335 g/mol. The van der Waals surface area contributed by atoms with Crippen molar-refractivity contribution in [3.63, 3.8) is 0 Å². The number of hydrogen-bond donors (Lipinski definition) is 1. The van der Waals surface area contributed by atoms with Crippen molar-refractivity contribution < 1.29 is 0 Å². The molecule has 1 saturated heterocycles. The normalized spacial score (nSPS) is 29.2. The predicted molar refractivity (Wildman–Crippen MR) is 90.9 cm³/mol. The van der Waals surface area contributed by atoms with E-state index >= 15 is 0 Å². The van der Waals surface area contributed by atoms with E-state index in [1.807, 2.05) is 41.7 Å². The fraction of sp³-hybridized carbons (Fsp3) is 0.571. The summed E-state index contributed by atoms with van der Waals surface area (Å²) in [6, 6.07) is 5.73. The van der Waals surface area contributed by atoms with Gasteiger partial charge in [0, 0.05) is 37.6 Å². The van der Waals surface area contributed by atoms with Crippen LogP contribution in [0.1, 0.15) is 19.4 Å². The molecule has 19 heavy (non-hydrogen) atoms. The maximum atomic E-state index is 6.37. The molecule has 4 unspecified atom stereocenters.